The summed E-state index contributed by atoms with van der Waals surface area (Å²) in [6.45, 7) is 3.98. The first-order valence-electron chi connectivity index (χ1n) is 7.15. The van der Waals surface area contributed by atoms with Crippen molar-refractivity contribution in [2.75, 3.05) is 23.8 Å². The first-order valence-corrected chi connectivity index (χ1v) is 8.03. The molecule has 7 nitrogen and oxygen atoms in total. The van der Waals surface area contributed by atoms with Crippen LogP contribution >= 0.6 is 11.3 Å². The minimum Gasteiger partial charge on any atom is -0.395 e. The summed E-state index contributed by atoms with van der Waals surface area (Å²) in [7, 11) is 0. The summed E-state index contributed by atoms with van der Waals surface area (Å²) in [6, 6.07) is 4.10. The van der Waals surface area contributed by atoms with Gasteiger partial charge in [-0.3, -0.25) is 0 Å². The van der Waals surface area contributed by atoms with E-state index in [1.165, 1.54) is 4.88 Å². The molecule has 0 aliphatic carbocycles. The first-order chi connectivity index (χ1) is 10.8. The summed E-state index contributed by atoms with van der Waals surface area (Å²) in [5.41, 5.74) is 1.54. The quantitative estimate of drug-likeness (QED) is 0.617. The molecule has 0 aliphatic rings. The predicted molar refractivity (Wildman–Crippen MR) is 88.2 cm³/mol. The fraction of sp³-hybridized carbons (Fsp3) is 0.357. The van der Waals surface area contributed by atoms with Crippen LogP contribution in [0.15, 0.2) is 23.8 Å². The Labute approximate surface area is 132 Å². The van der Waals surface area contributed by atoms with Crippen LogP contribution in [-0.4, -0.2) is 37.8 Å². The molecule has 0 aliphatic heterocycles. The second-order valence-corrected chi connectivity index (χ2v) is 5.71. The lowest BCUT2D eigenvalue weighted by molar-refractivity contribution is 0.311. The smallest absolute Gasteiger partial charge is 0.226 e. The Bertz CT molecular complexity index is 739. The Balaban J connectivity index is 1.93. The molecule has 0 saturated heterocycles. The summed E-state index contributed by atoms with van der Waals surface area (Å²) in [5.74, 6) is 1.19. The number of aliphatic hydroxyl groups is 1. The molecule has 3 aromatic rings. The fourth-order valence-corrected chi connectivity index (χ4v) is 2.77. The molecule has 3 N–H and O–H groups in total. The lowest BCUT2D eigenvalue weighted by atomic mass is 10.4. The molecule has 3 heterocycles. The number of hydrogen-bond acceptors (Lipinski definition) is 7. The maximum absolute atomic E-state index is 8.95. The number of aromatic nitrogens is 4. The van der Waals surface area contributed by atoms with Gasteiger partial charge in [0.05, 0.1) is 19.5 Å². The molecule has 8 heteroatoms. The van der Waals surface area contributed by atoms with Gasteiger partial charge in [0.25, 0.3) is 0 Å². The van der Waals surface area contributed by atoms with Crippen molar-refractivity contribution < 1.29 is 5.11 Å². The Morgan fingerprint density at radius 2 is 2.23 bits per heavy atom. The number of thiophene rings is 1. The van der Waals surface area contributed by atoms with Crippen molar-refractivity contribution in [1.29, 1.82) is 0 Å². The van der Waals surface area contributed by atoms with Crippen molar-refractivity contribution in [3.8, 4) is 0 Å². The standard InChI is InChI=1S/C14H18N6OS/c1-2-20-9-17-11-12(16-8-10-4-3-7-22-10)18-14(15-5-6-21)19-13(11)20/h3-4,7,9,21H,2,5-6,8H2,1H3,(H2,15,16,18,19). The molecule has 0 radical (unpaired) electrons. The highest BCUT2D eigenvalue weighted by atomic mass is 32.1. The van der Waals surface area contributed by atoms with Crippen LogP contribution in [0.5, 0.6) is 0 Å². The molecule has 3 aromatic heterocycles. The van der Waals surface area contributed by atoms with Gasteiger partial charge in [0.2, 0.25) is 5.95 Å². The lowest BCUT2D eigenvalue weighted by Gasteiger charge is -2.09. The van der Waals surface area contributed by atoms with Crippen LogP contribution in [0.4, 0.5) is 11.8 Å². The van der Waals surface area contributed by atoms with Gasteiger partial charge in [-0.2, -0.15) is 9.97 Å². The number of aryl methyl sites for hydroxylation is 1. The molecule has 0 aromatic carbocycles. The summed E-state index contributed by atoms with van der Waals surface area (Å²) in [6.07, 6.45) is 1.77. The molecule has 0 unspecified atom stereocenters. The minimum atomic E-state index is 0.0341. The van der Waals surface area contributed by atoms with Gasteiger partial charge in [-0.05, 0) is 18.4 Å². The molecule has 0 fully saturated rings. The topological polar surface area (TPSA) is 87.9 Å². The molecular weight excluding hydrogens is 300 g/mol. The third-order valence-electron chi connectivity index (χ3n) is 3.21. The number of nitrogens with zero attached hydrogens (tertiary/aromatic N) is 4. The molecule has 22 heavy (non-hydrogen) atoms. The normalized spacial score (nSPS) is 11.0. The number of anilines is 2. The number of nitrogens with one attached hydrogen (secondary N) is 2. The SMILES string of the molecule is CCn1cnc2c(NCc3cccs3)nc(NCCO)nc21. The summed E-state index contributed by atoms with van der Waals surface area (Å²) >= 11 is 1.70. The molecule has 0 amide bonds. The number of imidazole rings is 1. The van der Waals surface area contributed by atoms with Gasteiger partial charge in [-0.15, -0.1) is 11.3 Å². The molecule has 3 rings (SSSR count). The van der Waals surface area contributed by atoms with Crippen molar-refractivity contribution >= 4 is 34.3 Å². The highest BCUT2D eigenvalue weighted by Gasteiger charge is 2.12. The van der Waals surface area contributed by atoms with Gasteiger partial charge >= 0.3 is 0 Å². The Kier molecular flexibility index (Phi) is 4.50. The zero-order chi connectivity index (χ0) is 15.4. The average Bonchev–Trinajstić information content (AvgIpc) is 3.19. The number of fused-ring (bicyclic) bond motifs is 1. The number of hydrogen-bond donors (Lipinski definition) is 3. The molecule has 0 spiro atoms. The largest absolute Gasteiger partial charge is 0.395 e. The van der Waals surface area contributed by atoms with Crippen molar-refractivity contribution in [1.82, 2.24) is 19.5 Å². The van der Waals surface area contributed by atoms with Crippen molar-refractivity contribution in [3.63, 3.8) is 0 Å². The molecule has 0 saturated carbocycles. The first kappa shape index (κ1) is 14.7. The van der Waals surface area contributed by atoms with E-state index in [0.29, 0.717) is 24.9 Å². The second-order valence-electron chi connectivity index (χ2n) is 4.68. The van der Waals surface area contributed by atoms with E-state index in [4.69, 9.17) is 5.11 Å². The van der Waals surface area contributed by atoms with Gasteiger partial charge in [0, 0.05) is 18.0 Å². The second kappa shape index (κ2) is 6.71. The molecule has 0 bridgehead atoms. The van der Waals surface area contributed by atoms with Gasteiger partial charge in [0.15, 0.2) is 17.0 Å². The Morgan fingerprint density at radius 3 is 2.95 bits per heavy atom. The van der Waals surface area contributed by atoms with Crippen molar-refractivity contribution in [2.24, 2.45) is 0 Å². The maximum atomic E-state index is 8.95. The van der Waals surface area contributed by atoms with Gasteiger partial charge in [-0.1, -0.05) is 6.07 Å². The molecule has 116 valence electrons. The maximum Gasteiger partial charge on any atom is 0.226 e. The van der Waals surface area contributed by atoms with Crippen LogP contribution in [0.1, 0.15) is 11.8 Å². The van der Waals surface area contributed by atoms with E-state index in [9.17, 15) is 0 Å². The zero-order valence-electron chi connectivity index (χ0n) is 12.3. The van der Waals surface area contributed by atoms with Crippen LogP contribution in [0.3, 0.4) is 0 Å². The van der Waals surface area contributed by atoms with Gasteiger partial charge in [-0.25, -0.2) is 4.98 Å². The van der Waals surface area contributed by atoms with E-state index < -0.39 is 0 Å². The number of aliphatic hydroxyl groups excluding tert-OH is 1. The van der Waals surface area contributed by atoms with Gasteiger partial charge in [0.1, 0.15) is 0 Å². The van der Waals surface area contributed by atoms with E-state index in [-0.39, 0.29) is 6.61 Å². The van der Waals surface area contributed by atoms with E-state index >= 15 is 0 Å². The van der Waals surface area contributed by atoms with Crippen LogP contribution in [0, 0.1) is 0 Å². The predicted octanol–water partition coefficient (Wildman–Crippen LogP) is 1.92. The zero-order valence-corrected chi connectivity index (χ0v) is 13.1. The van der Waals surface area contributed by atoms with E-state index in [1.807, 2.05) is 22.9 Å². The summed E-state index contributed by atoms with van der Waals surface area (Å²) < 4.78 is 1.97. The Morgan fingerprint density at radius 1 is 1.32 bits per heavy atom. The van der Waals surface area contributed by atoms with E-state index in [0.717, 1.165) is 17.7 Å². The van der Waals surface area contributed by atoms with Crippen LogP contribution in [0.2, 0.25) is 0 Å². The third-order valence-corrected chi connectivity index (χ3v) is 4.09. The minimum absolute atomic E-state index is 0.0341. The summed E-state index contributed by atoms with van der Waals surface area (Å²) in [5, 5.41) is 17.3. The number of rotatable bonds is 7. The third kappa shape index (κ3) is 3.02. The van der Waals surface area contributed by atoms with Crippen molar-refractivity contribution in [2.45, 2.75) is 20.0 Å². The van der Waals surface area contributed by atoms with Crippen molar-refractivity contribution in [3.05, 3.63) is 28.7 Å². The highest BCUT2D eigenvalue weighted by molar-refractivity contribution is 7.09. The lowest BCUT2D eigenvalue weighted by Crippen LogP contribution is -2.11. The molecule has 0 atom stereocenters. The van der Waals surface area contributed by atoms with Crippen LogP contribution < -0.4 is 10.6 Å². The van der Waals surface area contributed by atoms with E-state index in [2.05, 4.69) is 31.7 Å². The van der Waals surface area contributed by atoms with Crippen LogP contribution in [-0.2, 0) is 13.1 Å². The highest BCUT2D eigenvalue weighted by Crippen LogP contribution is 2.22. The van der Waals surface area contributed by atoms with Crippen LogP contribution in [0.25, 0.3) is 11.2 Å². The Hall–Kier alpha value is -2.19. The molecular formula is C14H18N6OS. The van der Waals surface area contributed by atoms with E-state index in [1.54, 1.807) is 17.7 Å². The van der Waals surface area contributed by atoms with Gasteiger partial charge < -0.3 is 20.3 Å². The summed E-state index contributed by atoms with van der Waals surface area (Å²) in [4.78, 5) is 14.6. The fourth-order valence-electron chi connectivity index (χ4n) is 2.13. The average molecular weight is 318 g/mol. The monoisotopic (exact) mass is 318 g/mol.